The highest BCUT2D eigenvalue weighted by Crippen LogP contribution is 2.28. The fourth-order valence-corrected chi connectivity index (χ4v) is 1.31. The van der Waals surface area contributed by atoms with Gasteiger partial charge in [-0.15, -0.1) is 0 Å². The van der Waals surface area contributed by atoms with E-state index in [-0.39, 0.29) is 12.2 Å². The molecule has 58 valence electrons. The van der Waals surface area contributed by atoms with Gasteiger partial charge in [-0.1, -0.05) is 6.92 Å². The van der Waals surface area contributed by atoms with E-state index in [9.17, 15) is 0 Å². The summed E-state index contributed by atoms with van der Waals surface area (Å²) in [4.78, 5) is 15.4. The van der Waals surface area contributed by atoms with Crippen molar-refractivity contribution in [1.82, 2.24) is 5.39 Å². The van der Waals surface area contributed by atoms with Gasteiger partial charge in [0.05, 0.1) is 12.0 Å². The summed E-state index contributed by atoms with van der Waals surface area (Å²) in [6.45, 7) is 4.76. The molecule has 0 aromatic heterocycles. The van der Waals surface area contributed by atoms with Gasteiger partial charge in [0.15, 0.2) is 0 Å². The lowest BCUT2D eigenvalue weighted by atomic mass is 10.0. The van der Waals surface area contributed by atoms with Gasteiger partial charge >= 0.3 is 0 Å². The van der Waals surface area contributed by atoms with Gasteiger partial charge in [-0.25, -0.2) is 9.68 Å². The van der Waals surface area contributed by atoms with E-state index in [0.717, 1.165) is 5.39 Å². The zero-order valence-corrected chi connectivity index (χ0v) is 6.11. The highest BCUT2D eigenvalue weighted by atomic mass is 17.2. The summed E-state index contributed by atoms with van der Waals surface area (Å²) in [5.74, 6) is 0.425. The third-order valence-electron chi connectivity index (χ3n) is 1.93. The fourth-order valence-electron chi connectivity index (χ4n) is 1.31. The van der Waals surface area contributed by atoms with Gasteiger partial charge in [0.2, 0.25) is 0 Å². The van der Waals surface area contributed by atoms with Crippen LogP contribution in [0.2, 0.25) is 0 Å². The van der Waals surface area contributed by atoms with Crippen LogP contribution in [0.4, 0.5) is 0 Å². The van der Waals surface area contributed by atoms with E-state index in [1.54, 1.807) is 0 Å². The molecule has 2 aliphatic heterocycles. The van der Waals surface area contributed by atoms with Gasteiger partial charge in [-0.05, 0) is 6.92 Å². The second-order valence-electron chi connectivity index (χ2n) is 2.88. The summed E-state index contributed by atoms with van der Waals surface area (Å²) in [5.41, 5.74) is 0. The molecule has 0 aromatic rings. The van der Waals surface area contributed by atoms with E-state index in [1.807, 2.05) is 6.92 Å². The molecule has 0 radical (unpaired) electrons. The number of nitrogens with zero attached hydrogens (tertiary/aromatic N) is 1. The standard InChI is InChI=1S/C6H11NO3/c1-4-3-8-7-9-5(2)6(4)10-7/h4-6H,3H2,1-2H3. The van der Waals surface area contributed by atoms with E-state index in [1.165, 1.54) is 0 Å². The Kier molecular flexibility index (Phi) is 1.42. The SMILES string of the molecule is CC1CON2OC(C)C1O2. The molecule has 0 aromatic carbocycles. The lowest BCUT2D eigenvalue weighted by Gasteiger charge is -2.23. The minimum absolute atomic E-state index is 0.123. The van der Waals surface area contributed by atoms with E-state index in [4.69, 9.17) is 14.5 Å². The summed E-state index contributed by atoms with van der Waals surface area (Å²) in [6, 6.07) is 0. The summed E-state index contributed by atoms with van der Waals surface area (Å²) < 4.78 is 0. The molecule has 4 atom stereocenters. The van der Waals surface area contributed by atoms with Crippen molar-refractivity contribution in [3.8, 4) is 0 Å². The number of rotatable bonds is 0. The predicted molar refractivity (Wildman–Crippen MR) is 32.4 cm³/mol. The van der Waals surface area contributed by atoms with Gasteiger partial charge < -0.3 is 0 Å². The first-order chi connectivity index (χ1) is 4.77. The Morgan fingerprint density at radius 2 is 2.10 bits per heavy atom. The average molecular weight is 145 g/mol. The molecule has 0 aliphatic carbocycles. The topological polar surface area (TPSA) is 30.9 Å². The first-order valence-electron chi connectivity index (χ1n) is 3.54. The Labute approximate surface area is 59.5 Å². The van der Waals surface area contributed by atoms with Crippen LogP contribution in [0.3, 0.4) is 0 Å². The lowest BCUT2D eigenvalue weighted by molar-refractivity contribution is -0.509. The van der Waals surface area contributed by atoms with E-state index < -0.39 is 0 Å². The monoisotopic (exact) mass is 145 g/mol. The molecule has 2 saturated heterocycles. The molecule has 0 amide bonds. The maximum Gasteiger partial charge on any atom is 0.117 e. The normalized spacial score (nSPS) is 53.4. The maximum absolute atomic E-state index is 5.21. The van der Waals surface area contributed by atoms with Crippen molar-refractivity contribution in [2.75, 3.05) is 6.61 Å². The molecule has 2 aliphatic rings. The highest BCUT2D eigenvalue weighted by molar-refractivity contribution is 4.75. The van der Waals surface area contributed by atoms with E-state index in [0.29, 0.717) is 12.5 Å². The molecular weight excluding hydrogens is 134 g/mol. The van der Waals surface area contributed by atoms with Crippen molar-refractivity contribution in [2.24, 2.45) is 5.92 Å². The van der Waals surface area contributed by atoms with Gasteiger partial charge in [0.25, 0.3) is 0 Å². The predicted octanol–water partition coefficient (Wildman–Crippen LogP) is 0.504. The third kappa shape index (κ3) is 0.845. The minimum Gasteiger partial charge on any atom is -0.250 e. The Hall–Kier alpha value is -0.160. The van der Waals surface area contributed by atoms with Crippen molar-refractivity contribution in [2.45, 2.75) is 26.1 Å². The molecule has 10 heavy (non-hydrogen) atoms. The van der Waals surface area contributed by atoms with Crippen LogP contribution in [0.25, 0.3) is 0 Å². The van der Waals surface area contributed by atoms with Crippen molar-refractivity contribution in [3.63, 3.8) is 0 Å². The van der Waals surface area contributed by atoms with Crippen LogP contribution in [0.1, 0.15) is 13.8 Å². The van der Waals surface area contributed by atoms with Crippen LogP contribution in [0.15, 0.2) is 0 Å². The first-order valence-corrected chi connectivity index (χ1v) is 3.54. The molecule has 0 N–H and O–H groups in total. The second-order valence-corrected chi connectivity index (χ2v) is 2.88. The second kappa shape index (κ2) is 2.17. The Morgan fingerprint density at radius 3 is 2.80 bits per heavy atom. The van der Waals surface area contributed by atoms with Crippen LogP contribution < -0.4 is 0 Å². The van der Waals surface area contributed by atoms with Crippen LogP contribution in [0, 0.1) is 5.92 Å². The lowest BCUT2D eigenvalue weighted by Crippen LogP contribution is -2.35. The number of hydrogen-bond donors (Lipinski definition) is 0. The molecule has 4 nitrogen and oxygen atoms in total. The van der Waals surface area contributed by atoms with Gasteiger partial charge in [0.1, 0.15) is 12.2 Å². The van der Waals surface area contributed by atoms with Crippen LogP contribution in [-0.2, 0) is 14.5 Å². The summed E-state index contributed by atoms with van der Waals surface area (Å²) in [7, 11) is 0. The zero-order chi connectivity index (χ0) is 7.14. The highest BCUT2D eigenvalue weighted by Gasteiger charge is 2.41. The quantitative estimate of drug-likeness (QED) is 0.496. The summed E-state index contributed by atoms with van der Waals surface area (Å²) in [6.07, 6.45) is 0.297. The Bertz CT molecular complexity index is 137. The maximum atomic E-state index is 5.21. The molecule has 2 bridgehead atoms. The van der Waals surface area contributed by atoms with Crippen LogP contribution in [-0.4, -0.2) is 24.2 Å². The van der Waals surface area contributed by atoms with Crippen LogP contribution >= 0.6 is 0 Å². The van der Waals surface area contributed by atoms with E-state index in [2.05, 4.69) is 6.92 Å². The Morgan fingerprint density at radius 1 is 1.30 bits per heavy atom. The molecule has 2 fully saturated rings. The fraction of sp³-hybridized carbons (Fsp3) is 1.00. The molecular formula is C6H11NO3. The smallest absolute Gasteiger partial charge is 0.117 e. The van der Waals surface area contributed by atoms with Gasteiger partial charge in [-0.2, -0.15) is 0 Å². The van der Waals surface area contributed by atoms with Crippen molar-refractivity contribution >= 4 is 0 Å². The third-order valence-corrected chi connectivity index (χ3v) is 1.93. The first kappa shape index (κ1) is 6.54. The van der Waals surface area contributed by atoms with Crippen molar-refractivity contribution in [3.05, 3.63) is 0 Å². The molecule has 2 rings (SSSR count). The number of fused-ring (bicyclic) bond motifs is 2. The van der Waals surface area contributed by atoms with E-state index >= 15 is 0 Å². The average Bonchev–Trinajstić information content (AvgIpc) is 2.21. The molecule has 0 spiro atoms. The van der Waals surface area contributed by atoms with Crippen LogP contribution in [0.5, 0.6) is 0 Å². The number of hydrogen-bond acceptors (Lipinski definition) is 4. The largest absolute Gasteiger partial charge is 0.250 e. The zero-order valence-electron chi connectivity index (χ0n) is 6.11. The molecule has 2 heterocycles. The minimum atomic E-state index is 0.123. The molecule has 4 heteroatoms. The summed E-state index contributed by atoms with van der Waals surface area (Å²) in [5, 5.41) is 1.12. The van der Waals surface area contributed by atoms with Gasteiger partial charge in [0, 0.05) is 5.92 Å². The van der Waals surface area contributed by atoms with Crippen molar-refractivity contribution in [1.29, 1.82) is 0 Å². The summed E-state index contributed by atoms with van der Waals surface area (Å²) >= 11 is 0. The molecule has 0 saturated carbocycles. The molecule has 4 unspecified atom stereocenters. The van der Waals surface area contributed by atoms with Crippen molar-refractivity contribution < 1.29 is 14.5 Å². The Balaban J connectivity index is 2.10. The van der Waals surface area contributed by atoms with Gasteiger partial charge in [-0.3, -0.25) is 4.84 Å².